The number of nitrogens with one attached hydrogen (secondary N) is 2. The monoisotopic (exact) mass is 337 g/mol. The molecule has 2 saturated heterocycles. The van der Waals surface area contributed by atoms with Crippen molar-refractivity contribution in [3.8, 4) is 0 Å². The molecule has 2 rings (SSSR count). The molecule has 0 radical (unpaired) electrons. The van der Waals surface area contributed by atoms with Crippen molar-refractivity contribution in [3.05, 3.63) is 0 Å². The molecule has 2 heterocycles. The van der Waals surface area contributed by atoms with Gasteiger partial charge in [0.15, 0.2) is 0 Å². The summed E-state index contributed by atoms with van der Waals surface area (Å²) in [5, 5.41) is 5.59. The number of carbonyl (C=O) groups excluding carboxylic acids is 1. The lowest BCUT2D eigenvalue weighted by Gasteiger charge is -2.47. The number of urea groups is 1. The normalized spacial score (nSPS) is 29.9. The summed E-state index contributed by atoms with van der Waals surface area (Å²) in [4.78, 5) is 14.4. The Morgan fingerprint density at radius 3 is 2.48 bits per heavy atom. The van der Waals surface area contributed by atoms with Crippen molar-refractivity contribution in [2.24, 2.45) is 0 Å². The molecule has 2 aliphatic rings. The number of amides is 2. The number of fused-ring (bicyclic) bond motifs is 2. The Balaban J connectivity index is 1.68. The molecule has 23 heavy (non-hydrogen) atoms. The maximum Gasteiger partial charge on any atom is 0.411 e. The lowest BCUT2D eigenvalue weighted by atomic mass is 9.82. The Hall–Kier alpha value is -1.02. The Labute approximate surface area is 134 Å². The van der Waals surface area contributed by atoms with Gasteiger partial charge in [-0.05, 0) is 39.7 Å². The number of hydrogen-bond donors (Lipinski definition) is 2. The van der Waals surface area contributed by atoms with Crippen molar-refractivity contribution in [2.45, 2.75) is 69.4 Å². The third-order valence-electron chi connectivity index (χ3n) is 4.69. The number of nitrogens with zero attached hydrogens (tertiary/aromatic N) is 1. The largest absolute Gasteiger partial charge is 0.411 e. The van der Waals surface area contributed by atoms with Crippen LogP contribution in [0.15, 0.2) is 0 Å². The fourth-order valence-electron chi connectivity index (χ4n) is 3.58. The molecule has 2 N–H and O–H groups in total. The smallest absolute Gasteiger partial charge is 0.370 e. The molecule has 8 heteroatoms. The van der Waals surface area contributed by atoms with Crippen molar-refractivity contribution in [1.29, 1.82) is 0 Å². The first kappa shape index (κ1) is 18.3. The van der Waals surface area contributed by atoms with Gasteiger partial charge in [0.25, 0.3) is 0 Å². The van der Waals surface area contributed by atoms with Crippen molar-refractivity contribution in [3.63, 3.8) is 0 Å². The van der Waals surface area contributed by atoms with E-state index in [0.29, 0.717) is 12.1 Å². The Kier molecular flexibility index (Phi) is 6.13. The zero-order chi connectivity index (χ0) is 17.0. The van der Waals surface area contributed by atoms with Gasteiger partial charge in [-0.15, -0.1) is 0 Å². The minimum Gasteiger partial charge on any atom is -0.370 e. The summed E-state index contributed by atoms with van der Waals surface area (Å²) >= 11 is 0. The molecule has 2 aliphatic heterocycles. The summed E-state index contributed by atoms with van der Waals surface area (Å²) in [5.41, 5.74) is 0. The molecule has 0 aromatic heterocycles. The minimum absolute atomic E-state index is 0.129. The third kappa shape index (κ3) is 5.84. The SMILES string of the molecule is CC(COCC(F)(F)F)NC(=O)NC1CC2CCCC(C1)N2C. The molecule has 3 unspecified atom stereocenters. The Morgan fingerprint density at radius 2 is 1.91 bits per heavy atom. The molecule has 0 aromatic carbocycles. The quantitative estimate of drug-likeness (QED) is 0.809. The third-order valence-corrected chi connectivity index (χ3v) is 4.69. The highest BCUT2D eigenvalue weighted by Crippen LogP contribution is 2.32. The van der Waals surface area contributed by atoms with E-state index in [9.17, 15) is 18.0 Å². The van der Waals surface area contributed by atoms with Gasteiger partial charge in [0, 0.05) is 18.1 Å². The minimum atomic E-state index is -4.34. The van der Waals surface area contributed by atoms with Crippen LogP contribution in [-0.2, 0) is 4.74 Å². The second kappa shape index (κ2) is 7.70. The van der Waals surface area contributed by atoms with Crippen molar-refractivity contribution in [2.75, 3.05) is 20.3 Å². The zero-order valence-corrected chi connectivity index (χ0v) is 13.7. The summed E-state index contributed by atoms with van der Waals surface area (Å²) in [5.74, 6) is 0. The summed E-state index contributed by atoms with van der Waals surface area (Å²) in [6.45, 7) is 0.171. The van der Waals surface area contributed by atoms with Gasteiger partial charge in [-0.25, -0.2) is 4.79 Å². The van der Waals surface area contributed by atoms with Crippen LogP contribution < -0.4 is 10.6 Å². The van der Waals surface area contributed by atoms with Gasteiger partial charge >= 0.3 is 12.2 Å². The average molecular weight is 337 g/mol. The lowest BCUT2D eigenvalue weighted by molar-refractivity contribution is -0.174. The van der Waals surface area contributed by atoms with Gasteiger partial charge in [0.1, 0.15) is 6.61 Å². The van der Waals surface area contributed by atoms with Crippen molar-refractivity contribution >= 4 is 6.03 Å². The average Bonchev–Trinajstić information content (AvgIpc) is 2.38. The van der Waals surface area contributed by atoms with E-state index in [1.807, 2.05) is 0 Å². The molecule has 5 nitrogen and oxygen atoms in total. The van der Waals surface area contributed by atoms with E-state index >= 15 is 0 Å². The molecule has 2 fully saturated rings. The number of carbonyl (C=O) groups is 1. The Bertz CT molecular complexity index is 392. The predicted octanol–water partition coefficient (Wildman–Crippen LogP) is 2.27. The fraction of sp³-hybridized carbons (Fsp3) is 0.933. The van der Waals surface area contributed by atoms with Gasteiger partial charge in [0.2, 0.25) is 0 Å². The molecular weight excluding hydrogens is 311 g/mol. The van der Waals surface area contributed by atoms with E-state index in [-0.39, 0.29) is 18.7 Å². The molecule has 0 saturated carbocycles. The highest BCUT2D eigenvalue weighted by Gasteiger charge is 2.36. The van der Waals surface area contributed by atoms with E-state index in [2.05, 4.69) is 27.3 Å². The first-order valence-corrected chi connectivity index (χ1v) is 8.18. The van der Waals surface area contributed by atoms with Crippen LogP contribution in [0.3, 0.4) is 0 Å². The van der Waals surface area contributed by atoms with Crippen LogP contribution in [-0.4, -0.2) is 61.5 Å². The number of alkyl halides is 3. The van der Waals surface area contributed by atoms with Crippen LogP contribution in [0.1, 0.15) is 39.0 Å². The van der Waals surface area contributed by atoms with E-state index in [1.54, 1.807) is 6.92 Å². The van der Waals surface area contributed by atoms with E-state index in [4.69, 9.17) is 0 Å². The van der Waals surface area contributed by atoms with Crippen LogP contribution in [0.25, 0.3) is 0 Å². The number of rotatable bonds is 5. The summed E-state index contributed by atoms with van der Waals surface area (Å²) in [6.07, 6.45) is 1.09. The molecule has 3 atom stereocenters. The van der Waals surface area contributed by atoms with Gasteiger partial charge in [-0.2, -0.15) is 13.2 Å². The van der Waals surface area contributed by atoms with Gasteiger partial charge in [-0.1, -0.05) is 6.42 Å². The molecule has 0 spiro atoms. The topological polar surface area (TPSA) is 53.6 Å². The zero-order valence-electron chi connectivity index (χ0n) is 13.7. The van der Waals surface area contributed by atoms with Crippen LogP contribution in [0.4, 0.5) is 18.0 Å². The Morgan fingerprint density at radius 1 is 1.30 bits per heavy atom. The molecule has 2 bridgehead atoms. The highest BCUT2D eigenvalue weighted by atomic mass is 19.4. The van der Waals surface area contributed by atoms with Gasteiger partial charge in [-0.3, -0.25) is 0 Å². The molecule has 134 valence electrons. The van der Waals surface area contributed by atoms with Crippen LogP contribution in [0.5, 0.6) is 0 Å². The standard InChI is InChI=1S/C15H26F3N3O2/c1-10(8-23-9-15(16,17)18)19-14(22)20-11-6-12-4-3-5-13(7-11)21(12)2/h10-13H,3-9H2,1-2H3,(H2,19,20,22). The van der Waals surface area contributed by atoms with Crippen LogP contribution >= 0.6 is 0 Å². The summed E-state index contributed by atoms with van der Waals surface area (Å²) in [7, 11) is 2.14. The fourth-order valence-corrected chi connectivity index (χ4v) is 3.58. The highest BCUT2D eigenvalue weighted by molar-refractivity contribution is 5.74. The molecular formula is C15H26F3N3O2. The van der Waals surface area contributed by atoms with Crippen molar-refractivity contribution in [1.82, 2.24) is 15.5 Å². The maximum atomic E-state index is 12.0. The first-order valence-electron chi connectivity index (χ1n) is 8.18. The lowest BCUT2D eigenvalue weighted by Crippen LogP contribution is -2.57. The number of ether oxygens (including phenoxy) is 1. The van der Waals surface area contributed by atoms with Gasteiger partial charge in [0.05, 0.1) is 12.6 Å². The maximum absolute atomic E-state index is 12.0. The number of halogens is 3. The summed E-state index contributed by atoms with van der Waals surface area (Å²) < 4.78 is 40.5. The predicted molar refractivity (Wildman–Crippen MR) is 80.2 cm³/mol. The summed E-state index contributed by atoms with van der Waals surface area (Å²) in [6, 6.07) is 0.356. The van der Waals surface area contributed by atoms with Crippen LogP contribution in [0.2, 0.25) is 0 Å². The second-order valence-electron chi connectivity index (χ2n) is 6.72. The molecule has 2 amide bonds. The number of hydrogen-bond acceptors (Lipinski definition) is 3. The molecule has 0 aromatic rings. The second-order valence-corrected chi connectivity index (χ2v) is 6.72. The molecule has 0 aliphatic carbocycles. The van der Waals surface area contributed by atoms with Crippen molar-refractivity contribution < 1.29 is 22.7 Å². The first-order chi connectivity index (χ1) is 10.7. The van der Waals surface area contributed by atoms with E-state index in [1.165, 1.54) is 6.42 Å². The van der Waals surface area contributed by atoms with Gasteiger partial charge < -0.3 is 20.3 Å². The number of piperidine rings is 2. The van der Waals surface area contributed by atoms with Crippen LogP contribution in [0, 0.1) is 0 Å². The van der Waals surface area contributed by atoms with E-state index < -0.39 is 18.8 Å². The van der Waals surface area contributed by atoms with E-state index in [0.717, 1.165) is 25.7 Å².